The predicted octanol–water partition coefficient (Wildman–Crippen LogP) is 1.56. The smallest absolute Gasteiger partial charge is 0.254 e. The zero-order valence-corrected chi connectivity index (χ0v) is 14.9. The number of morpholine rings is 1. The number of methoxy groups -OCH3 is 2. The molecule has 2 heterocycles. The van der Waals surface area contributed by atoms with Crippen molar-refractivity contribution in [3.05, 3.63) is 23.3 Å². The Labute approximate surface area is 143 Å². The first kappa shape index (κ1) is 17.0. The van der Waals surface area contributed by atoms with Gasteiger partial charge in [0.1, 0.15) is 0 Å². The van der Waals surface area contributed by atoms with E-state index in [2.05, 4.69) is 11.9 Å². The fourth-order valence-corrected chi connectivity index (χ4v) is 3.61. The summed E-state index contributed by atoms with van der Waals surface area (Å²) in [7, 11) is 5.29. The van der Waals surface area contributed by atoms with Crippen molar-refractivity contribution < 1.29 is 19.0 Å². The minimum atomic E-state index is 0.0471. The summed E-state index contributed by atoms with van der Waals surface area (Å²) < 4.78 is 16.5. The van der Waals surface area contributed by atoms with Crippen molar-refractivity contribution >= 4 is 5.91 Å². The topological polar surface area (TPSA) is 51.2 Å². The maximum atomic E-state index is 13.0. The summed E-state index contributed by atoms with van der Waals surface area (Å²) in [6, 6.07) is 3.91. The quantitative estimate of drug-likeness (QED) is 0.840. The number of likely N-dealkylation sites (N-methyl/N-ethyl adjacent to an activating group) is 1. The Balaban J connectivity index is 1.81. The van der Waals surface area contributed by atoms with Gasteiger partial charge in [-0.05, 0) is 38.1 Å². The van der Waals surface area contributed by atoms with E-state index in [0.29, 0.717) is 23.6 Å². The summed E-state index contributed by atoms with van der Waals surface area (Å²) in [5.74, 6) is 1.27. The Morgan fingerprint density at radius 1 is 1.21 bits per heavy atom. The second-order valence-electron chi connectivity index (χ2n) is 6.52. The number of hydrogen-bond acceptors (Lipinski definition) is 5. The third kappa shape index (κ3) is 3.08. The molecule has 0 saturated carbocycles. The third-order valence-corrected chi connectivity index (χ3v) is 5.11. The summed E-state index contributed by atoms with van der Waals surface area (Å²) >= 11 is 0. The Bertz CT molecular complexity index is 619. The molecule has 2 aliphatic rings. The first-order valence-electron chi connectivity index (χ1n) is 8.39. The second kappa shape index (κ2) is 6.99. The van der Waals surface area contributed by atoms with Crippen molar-refractivity contribution in [3.8, 4) is 11.5 Å². The second-order valence-corrected chi connectivity index (χ2v) is 6.52. The fraction of sp³-hybridized carbons (Fsp3) is 0.611. The number of fused-ring (bicyclic) bond motifs is 1. The van der Waals surface area contributed by atoms with Crippen LogP contribution in [0.15, 0.2) is 12.1 Å². The van der Waals surface area contributed by atoms with Crippen molar-refractivity contribution in [1.82, 2.24) is 9.80 Å². The van der Waals surface area contributed by atoms with Crippen LogP contribution in [0.25, 0.3) is 0 Å². The van der Waals surface area contributed by atoms with Gasteiger partial charge in [0.2, 0.25) is 0 Å². The largest absolute Gasteiger partial charge is 0.493 e. The number of ether oxygens (including phenoxy) is 3. The van der Waals surface area contributed by atoms with Gasteiger partial charge in [-0.15, -0.1) is 0 Å². The zero-order valence-electron chi connectivity index (χ0n) is 14.9. The number of carbonyl (C=O) groups is 1. The zero-order chi connectivity index (χ0) is 17.3. The molecule has 2 saturated heterocycles. The lowest BCUT2D eigenvalue weighted by molar-refractivity contribution is -0.0893. The van der Waals surface area contributed by atoms with Crippen LogP contribution in [0, 0.1) is 6.92 Å². The molecule has 1 aromatic rings. The van der Waals surface area contributed by atoms with Crippen LogP contribution in [0.1, 0.15) is 22.3 Å². The van der Waals surface area contributed by atoms with Crippen LogP contribution in [0.3, 0.4) is 0 Å². The number of benzene rings is 1. The van der Waals surface area contributed by atoms with E-state index in [0.717, 1.165) is 31.7 Å². The first-order chi connectivity index (χ1) is 11.5. The van der Waals surface area contributed by atoms with Crippen LogP contribution in [0.4, 0.5) is 0 Å². The summed E-state index contributed by atoms with van der Waals surface area (Å²) in [5, 5.41) is 0. The van der Waals surface area contributed by atoms with Crippen molar-refractivity contribution in [3.63, 3.8) is 0 Å². The summed E-state index contributed by atoms with van der Waals surface area (Å²) in [4.78, 5) is 17.3. The van der Waals surface area contributed by atoms with Crippen LogP contribution in [-0.4, -0.2) is 75.4 Å². The van der Waals surface area contributed by atoms with Gasteiger partial charge in [-0.25, -0.2) is 0 Å². The number of piperidine rings is 1. The molecule has 1 aromatic carbocycles. The number of aryl methyl sites for hydroxylation is 1. The molecule has 0 bridgehead atoms. The molecule has 1 amide bonds. The van der Waals surface area contributed by atoms with Crippen molar-refractivity contribution in [2.75, 3.05) is 47.5 Å². The number of hydrogen-bond donors (Lipinski definition) is 0. The third-order valence-electron chi connectivity index (χ3n) is 5.11. The van der Waals surface area contributed by atoms with Gasteiger partial charge in [-0.1, -0.05) is 0 Å². The number of nitrogens with zero attached hydrogens (tertiary/aromatic N) is 2. The molecule has 0 N–H and O–H groups in total. The van der Waals surface area contributed by atoms with Crippen molar-refractivity contribution in [2.45, 2.75) is 25.5 Å². The molecule has 132 valence electrons. The SMILES string of the molecule is COc1cc(C)c(C(=O)N2CC[C@H]3OCCN(C)[C@H]3C2)cc1OC. The first-order valence-corrected chi connectivity index (χ1v) is 8.39. The lowest BCUT2D eigenvalue weighted by atomic mass is 9.97. The van der Waals surface area contributed by atoms with E-state index >= 15 is 0 Å². The molecule has 0 spiro atoms. The minimum Gasteiger partial charge on any atom is -0.493 e. The maximum Gasteiger partial charge on any atom is 0.254 e. The molecule has 0 unspecified atom stereocenters. The molecule has 0 aliphatic carbocycles. The monoisotopic (exact) mass is 334 g/mol. The standard InChI is InChI=1S/C18H26N2O4/c1-12-9-16(22-3)17(23-4)10-13(12)18(21)20-6-5-15-14(11-20)19(2)7-8-24-15/h9-10,14-15H,5-8,11H2,1-4H3/t14-,15+/m0/s1. The lowest BCUT2D eigenvalue weighted by Gasteiger charge is -2.45. The summed E-state index contributed by atoms with van der Waals surface area (Å²) in [6.45, 7) is 5.05. The van der Waals surface area contributed by atoms with Crippen LogP contribution < -0.4 is 9.47 Å². The number of rotatable bonds is 3. The summed E-state index contributed by atoms with van der Waals surface area (Å²) in [5.41, 5.74) is 1.57. The molecule has 2 fully saturated rings. The summed E-state index contributed by atoms with van der Waals surface area (Å²) in [6.07, 6.45) is 1.12. The minimum absolute atomic E-state index is 0.0471. The van der Waals surface area contributed by atoms with E-state index < -0.39 is 0 Å². The lowest BCUT2D eigenvalue weighted by Crippen LogP contribution is -2.59. The van der Waals surface area contributed by atoms with Gasteiger partial charge in [0.05, 0.1) is 33.0 Å². The van der Waals surface area contributed by atoms with Crippen molar-refractivity contribution in [2.24, 2.45) is 0 Å². The van der Waals surface area contributed by atoms with E-state index in [1.54, 1.807) is 20.3 Å². The van der Waals surface area contributed by atoms with Crippen LogP contribution in [0.5, 0.6) is 11.5 Å². The van der Waals surface area contributed by atoms with Crippen LogP contribution in [0.2, 0.25) is 0 Å². The van der Waals surface area contributed by atoms with Crippen LogP contribution >= 0.6 is 0 Å². The molecule has 6 nitrogen and oxygen atoms in total. The normalized spacial score (nSPS) is 24.4. The number of amides is 1. The van der Waals surface area contributed by atoms with Crippen molar-refractivity contribution in [1.29, 1.82) is 0 Å². The number of likely N-dealkylation sites (tertiary alicyclic amines) is 1. The fourth-order valence-electron chi connectivity index (χ4n) is 3.61. The van der Waals surface area contributed by atoms with Gasteiger partial charge in [-0.2, -0.15) is 0 Å². The van der Waals surface area contributed by atoms with Gasteiger partial charge in [0.15, 0.2) is 11.5 Å². The molecule has 3 rings (SSSR count). The van der Waals surface area contributed by atoms with Gasteiger partial charge in [0.25, 0.3) is 5.91 Å². The average molecular weight is 334 g/mol. The predicted molar refractivity (Wildman–Crippen MR) is 91.0 cm³/mol. The highest BCUT2D eigenvalue weighted by atomic mass is 16.5. The molecule has 2 aliphatic heterocycles. The van der Waals surface area contributed by atoms with Crippen LogP contribution in [-0.2, 0) is 4.74 Å². The molecule has 2 atom stereocenters. The Kier molecular flexibility index (Phi) is 4.96. The highest BCUT2D eigenvalue weighted by Crippen LogP contribution is 2.31. The van der Waals surface area contributed by atoms with Gasteiger partial charge >= 0.3 is 0 Å². The highest BCUT2D eigenvalue weighted by Gasteiger charge is 2.37. The highest BCUT2D eigenvalue weighted by molar-refractivity contribution is 5.96. The van der Waals surface area contributed by atoms with Gasteiger partial charge in [0, 0.05) is 25.2 Å². The van der Waals surface area contributed by atoms with E-state index in [1.165, 1.54) is 0 Å². The van der Waals surface area contributed by atoms with E-state index in [1.807, 2.05) is 17.9 Å². The van der Waals surface area contributed by atoms with E-state index in [4.69, 9.17) is 14.2 Å². The molecular formula is C18H26N2O4. The van der Waals surface area contributed by atoms with Gasteiger partial charge < -0.3 is 19.1 Å². The maximum absolute atomic E-state index is 13.0. The molecule has 6 heteroatoms. The number of carbonyl (C=O) groups excluding carboxylic acids is 1. The molecule has 24 heavy (non-hydrogen) atoms. The van der Waals surface area contributed by atoms with E-state index in [9.17, 15) is 4.79 Å². The Hall–Kier alpha value is -1.79. The Morgan fingerprint density at radius 3 is 2.62 bits per heavy atom. The molecule has 0 aromatic heterocycles. The molecule has 0 radical (unpaired) electrons. The van der Waals surface area contributed by atoms with Gasteiger partial charge in [-0.3, -0.25) is 9.69 Å². The Morgan fingerprint density at radius 2 is 1.92 bits per heavy atom. The average Bonchev–Trinajstić information content (AvgIpc) is 2.61. The van der Waals surface area contributed by atoms with E-state index in [-0.39, 0.29) is 18.1 Å². The molecular weight excluding hydrogens is 308 g/mol.